The lowest BCUT2D eigenvalue weighted by atomic mass is 9.80. The van der Waals surface area contributed by atoms with Crippen molar-refractivity contribution in [3.63, 3.8) is 0 Å². The average Bonchev–Trinajstić information content (AvgIpc) is 2.04. The van der Waals surface area contributed by atoms with Crippen LogP contribution in [0.5, 0.6) is 0 Å². The van der Waals surface area contributed by atoms with E-state index in [1.54, 1.807) is 13.2 Å². The van der Waals surface area contributed by atoms with Crippen molar-refractivity contribution < 1.29 is 9.53 Å². The number of rotatable bonds is 2. The first-order valence-electron chi connectivity index (χ1n) is 4.45. The smallest absolute Gasteiger partial charge is 0.191 e. The zero-order valence-electron chi connectivity index (χ0n) is 8.52. The van der Waals surface area contributed by atoms with Gasteiger partial charge in [0.15, 0.2) is 11.4 Å². The molecule has 0 aliphatic heterocycles. The van der Waals surface area contributed by atoms with Crippen molar-refractivity contribution in [1.82, 2.24) is 0 Å². The predicted octanol–water partition coefficient (Wildman–Crippen LogP) is 2.26. The van der Waals surface area contributed by atoms with Gasteiger partial charge in [-0.1, -0.05) is 12.2 Å². The minimum Gasteiger partial charge on any atom is -0.366 e. The lowest BCUT2D eigenvalue weighted by molar-refractivity contribution is -0.133. The Balaban J connectivity index is 3.04. The number of methoxy groups -OCH3 is 1. The highest BCUT2D eigenvalue weighted by Gasteiger charge is 2.39. The highest BCUT2D eigenvalue weighted by molar-refractivity contribution is 6.00. The van der Waals surface area contributed by atoms with E-state index in [-0.39, 0.29) is 5.78 Å². The van der Waals surface area contributed by atoms with Crippen molar-refractivity contribution >= 4 is 5.78 Å². The summed E-state index contributed by atoms with van der Waals surface area (Å²) in [5.41, 5.74) is 1.17. The maximum absolute atomic E-state index is 11.7. The topological polar surface area (TPSA) is 26.3 Å². The van der Waals surface area contributed by atoms with Gasteiger partial charge in [0.1, 0.15) is 0 Å². The first-order chi connectivity index (χ1) is 6.03. The zero-order chi connectivity index (χ0) is 10.1. The van der Waals surface area contributed by atoms with Gasteiger partial charge in [-0.25, -0.2) is 0 Å². The minimum absolute atomic E-state index is 0.0336. The van der Waals surface area contributed by atoms with Crippen molar-refractivity contribution in [3.05, 3.63) is 23.8 Å². The lowest BCUT2D eigenvalue weighted by Crippen LogP contribution is -2.42. The van der Waals surface area contributed by atoms with Crippen LogP contribution in [0.4, 0.5) is 0 Å². The van der Waals surface area contributed by atoms with Crippen molar-refractivity contribution in [2.24, 2.45) is 0 Å². The van der Waals surface area contributed by atoms with Crippen molar-refractivity contribution in [2.45, 2.75) is 32.3 Å². The molecule has 0 aromatic carbocycles. The third kappa shape index (κ3) is 1.59. The standard InChI is InChI=1S/C11H16O2/c1-8(2)11(13-4)6-5-9(3)7-10(11)12/h7H,1,5-6H2,2-4H3/t11-/m0/s1. The SMILES string of the molecule is C=C(C)[C@@]1(OC)CCC(C)=CC1=O. The fraction of sp³-hybridized carbons (Fsp3) is 0.545. The molecular formula is C11H16O2. The molecule has 0 radical (unpaired) electrons. The Morgan fingerprint density at radius 1 is 1.69 bits per heavy atom. The average molecular weight is 180 g/mol. The Morgan fingerprint density at radius 3 is 2.69 bits per heavy atom. The lowest BCUT2D eigenvalue weighted by Gasteiger charge is -2.33. The second-order valence-corrected chi connectivity index (χ2v) is 3.67. The molecule has 0 aromatic rings. The van der Waals surface area contributed by atoms with Crippen molar-refractivity contribution in [2.75, 3.05) is 7.11 Å². The van der Waals surface area contributed by atoms with Gasteiger partial charge in [0.05, 0.1) is 0 Å². The van der Waals surface area contributed by atoms with E-state index in [0.717, 1.165) is 24.0 Å². The molecule has 0 amide bonds. The van der Waals surface area contributed by atoms with Gasteiger partial charge < -0.3 is 4.74 Å². The molecule has 0 aromatic heterocycles. The summed E-state index contributed by atoms with van der Waals surface area (Å²) in [4.78, 5) is 11.7. The van der Waals surface area contributed by atoms with E-state index in [9.17, 15) is 4.79 Å². The molecule has 72 valence electrons. The number of hydrogen-bond donors (Lipinski definition) is 0. The Hall–Kier alpha value is -0.890. The number of allylic oxidation sites excluding steroid dienone is 1. The number of carbonyl (C=O) groups excluding carboxylic acids is 1. The van der Waals surface area contributed by atoms with Crippen LogP contribution in [0.25, 0.3) is 0 Å². The van der Waals surface area contributed by atoms with Gasteiger partial charge in [0.2, 0.25) is 0 Å². The number of carbonyl (C=O) groups is 1. The molecular weight excluding hydrogens is 164 g/mol. The summed E-state index contributed by atoms with van der Waals surface area (Å²) in [7, 11) is 1.57. The van der Waals surface area contributed by atoms with E-state index in [0.29, 0.717) is 0 Å². The number of hydrogen-bond acceptors (Lipinski definition) is 2. The molecule has 0 saturated carbocycles. The maximum Gasteiger partial charge on any atom is 0.191 e. The third-order valence-corrected chi connectivity index (χ3v) is 2.68. The zero-order valence-corrected chi connectivity index (χ0v) is 8.52. The highest BCUT2D eigenvalue weighted by atomic mass is 16.5. The highest BCUT2D eigenvalue weighted by Crippen LogP contribution is 2.32. The molecule has 0 saturated heterocycles. The molecule has 1 aliphatic rings. The van der Waals surface area contributed by atoms with Crippen LogP contribution < -0.4 is 0 Å². The van der Waals surface area contributed by atoms with Crippen LogP contribution in [0.15, 0.2) is 23.8 Å². The van der Waals surface area contributed by atoms with E-state index in [4.69, 9.17) is 4.74 Å². The summed E-state index contributed by atoms with van der Waals surface area (Å²) >= 11 is 0. The van der Waals surface area contributed by atoms with Crippen molar-refractivity contribution in [1.29, 1.82) is 0 Å². The molecule has 0 spiro atoms. The molecule has 0 unspecified atom stereocenters. The van der Waals surface area contributed by atoms with Crippen LogP contribution in [0.2, 0.25) is 0 Å². The monoisotopic (exact) mass is 180 g/mol. The Kier molecular flexibility index (Phi) is 2.71. The van der Waals surface area contributed by atoms with Gasteiger partial charge in [-0.3, -0.25) is 4.79 Å². The summed E-state index contributed by atoms with van der Waals surface area (Å²) in [5, 5.41) is 0. The first-order valence-corrected chi connectivity index (χ1v) is 4.45. The Labute approximate surface area is 79.3 Å². The van der Waals surface area contributed by atoms with Gasteiger partial charge in [-0.15, -0.1) is 0 Å². The van der Waals surface area contributed by atoms with E-state index in [2.05, 4.69) is 6.58 Å². The van der Waals surface area contributed by atoms with Crippen LogP contribution in [0.3, 0.4) is 0 Å². The van der Waals surface area contributed by atoms with Crippen LogP contribution in [-0.2, 0) is 9.53 Å². The summed E-state index contributed by atoms with van der Waals surface area (Å²) in [6, 6.07) is 0. The van der Waals surface area contributed by atoms with Crippen LogP contribution in [-0.4, -0.2) is 18.5 Å². The van der Waals surface area contributed by atoms with E-state index in [1.165, 1.54) is 0 Å². The predicted molar refractivity (Wildman–Crippen MR) is 52.6 cm³/mol. The van der Waals surface area contributed by atoms with Crippen LogP contribution in [0, 0.1) is 0 Å². The first kappa shape index (κ1) is 10.2. The van der Waals surface area contributed by atoms with Crippen LogP contribution >= 0.6 is 0 Å². The maximum atomic E-state index is 11.7. The molecule has 1 atom stereocenters. The normalized spacial score (nSPS) is 28.5. The summed E-state index contributed by atoms with van der Waals surface area (Å²) in [6.45, 7) is 7.63. The third-order valence-electron chi connectivity index (χ3n) is 2.68. The Bertz CT molecular complexity index is 276. The van der Waals surface area contributed by atoms with Crippen LogP contribution in [0.1, 0.15) is 26.7 Å². The molecule has 0 heterocycles. The minimum atomic E-state index is -0.750. The second kappa shape index (κ2) is 3.46. The molecule has 1 rings (SSSR count). The van der Waals surface area contributed by atoms with Gasteiger partial charge in [-0.2, -0.15) is 0 Å². The summed E-state index contributed by atoms with van der Waals surface area (Å²) in [5.74, 6) is 0.0336. The second-order valence-electron chi connectivity index (χ2n) is 3.67. The van der Waals surface area contributed by atoms with Crippen molar-refractivity contribution in [3.8, 4) is 0 Å². The molecule has 2 nitrogen and oxygen atoms in total. The fourth-order valence-electron chi connectivity index (χ4n) is 1.71. The molecule has 13 heavy (non-hydrogen) atoms. The summed E-state index contributed by atoms with van der Waals surface area (Å²) in [6.07, 6.45) is 3.30. The van der Waals surface area contributed by atoms with E-state index >= 15 is 0 Å². The van der Waals surface area contributed by atoms with Gasteiger partial charge in [0, 0.05) is 7.11 Å². The molecule has 0 fully saturated rings. The molecule has 0 bridgehead atoms. The molecule has 0 N–H and O–H groups in total. The summed E-state index contributed by atoms with van der Waals surface area (Å²) < 4.78 is 5.31. The van der Waals surface area contributed by atoms with Gasteiger partial charge in [0.25, 0.3) is 0 Å². The largest absolute Gasteiger partial charge is 0.366 e. The van der Waals surface area contributed by atoms with Gasteiger partial charge >= 0.3 is 0 Å². The van der Waals surface area contributed by atoms with Gasteiger partial charge in [-0.05, 0) is 38.3 Å². The quantitative estimate of drug-likeness (QED) is 0.609. The fourth-order valence-corrected chi connectivity index (χ4v) is 1.71. The van der Waals surface area contributed by atoms with E-state index in [1.807, 2.05) is 13.8 Å². The Morgan fingerprint density at radius 2 is 2.31 bits per heavy atom. The van der Waals surface area contributed by atoms with E-state index < -0.39 is 5.60 Å². The number of ketones is 1. The molecule has 1 aliphatic carbocycles. The molecule has 2 heteroatoms. The number of ether oxygens (including phenoxy) is 1.